The molecule has 0 unspecified atom stereocenters. The van der Waals surface area contributed by atoms with E-state index in [1.54, 1.807) is 4.90 Å². The minimum absolute atomic E-state index is 0.106. The molecule has 0 radical (unpaired) electrons. The smallest absolute Gasteiger partial charge is 0.271 e. The number of para-hydroxylation sites is 2. The lowest BCUT2D eigenvalue weighted by Gasteiger charge is -2.15. The topological polar surface area (TPSA) is 51.1 Å². The number of nitrogens with zero attached hydrogens (tertiary/aromatic N) is 2. The molecule has 34 heavy (non-hydrogen) atoms. The van der Waals surface area contributed by atoms with E-state index in [1.165, 1.54) is 11.8 Å². The van der Waals surface area contributed by atoms with Crippen molar-refractivity contribution in [3.8, 4) is 11.5 Å². The summed E-state index contributed by atoms with van der Waals surface area (Å²) in [5.74, 6) is 1.32. The summed E-state index contributed by atoms with van der Waals surface area (Å²) >= 11 is 3.62. The maximum Gasteiger partial charge on any atom is 0.271 e. The van der Waals surface area contributed by atoms with Gasteiger partial charge in [-0.25, -0.2) is 4.99 Å². The Morgan fingerprint density at radius 1 is 1.00 bits per heavy atom. The van der Waals surface area contributed by atoms with Crippen LogP contribution in [-0.4, -0.2) is 24.3 Å². The summed E-state index contributed by atoms with van der Waals surface area (Å²) < 4.78 is 12.7. The molecule has 4 rings (SSSR count). The van der Waals surface area contributed by atoms with Gasteiger partial charge in [0, 0.05) is 0 Å². The number of anilines is 1. The number of carbonyl (C=O) groups excluding carboxylic acids is 1. The monoisotopic (exact) mass is 584 g/mol. The number of amides is 1. The first-order chi connectivity index (χ1) is 16.6. The van der Waals surface area contributed by atoms with Crippen molar-refractivity contribution in [2.45, 2.75) is 20.3 Å². The fourth-order valence-electron chi connectivity index (χ4n) is 3.40. The number of hydrogen-bond donors (Lipinski definition) is 0. The largest absolute Gasteiger partial charge is 0.490 e. The quantitative estimate of drug-likeness (QED) is 0.206. The van der Waals surface area contributed by atoms with Gasteiger partial charge in [-0.1, -0.05) is 43.3 Å². The summed E-state index contributed by atoms with van der Waals surface area (Å²) in [5.41, 5.74) is 2.46. The third kappa shape index (κ3) is 5.64. The number of halogens is 1. The van der Waals surface area contributed by atoms with Gasteiger partial charge in [0.05, 0.1) is 33.1 Å². The van der Waals surface area contributed by atoms with E-state index >= 15 is 0 Å². The van der Waals surface area contributed by atoms with Gasteiger partial charge in [0.25, 0.3) is 5.91 Å². The Balaban J connectivity index is 1.74. The highest BCUT2D eigenvalue weighted by molar-refractivity contribution is 14.1. The van der Waals surface area contributed by atoms with E-state index in [-0.39, 0.29) is 5.91 Å². The molecule has 1 aliphatic heterocycles. The zero-order chi connectivity index (χ0) is 23.9. The molecule has 0 saturated carbocycles. The third-order valence-electron chi connectivity index (χ3n) is 4.88. The maximum atomic E-state index is 13.5. The van der Waals surface area contributed by atoms with Gasteiger partial charge < -0.3 is 9.47 Å². The molecule has 0 bridgehead atoms. The van der Waals surface area contributed by atoms with Crippen molar-refractivity contribution >= 4 is 62.9 Å². The SMILES string of the molecule is CCCOc1c(I)cc(/C=C2\SC(=Nc3ccccc3)N(c3ccccc3)C2=O)cc1OCC. The Labute approximate surface area is 218 Å². The molecule has 3 aromatic rings. The van der Waals surface area contributed by atoms with Gasteiger partial charge in [0.15, 0.2) is 16.7 Å². The van der Waals surface area contributed by atoms with Crippen LogP contribution in [0, 0.1) is 3.57 Å². The van der Waals surface area contributed by atoms with Crippen molar-refractivity contribution in [1.29, 1.82) is 0 Å². The lowest BCUT2D eigenvalue weighted by Crippen LogP contribution is -2.28. The van der Waals surface area contributed by atoms with Crippen LogP contribution in [-0.2, 0) is 4.79 Å². The number of thioether (sulfide) groups is 1. The summed E-state index contributed by atoms with van der Waals surface area (Å²) in [6, 6.07) is 23.2. The number of aliphatic imine (C=N–C) groups is 1. The summed E-state index contributed by atoms with van der Waals surface area (Å²) in [6.45, 7) is 5.17. The third-order valence-corrected chi connectivity index (χ3v) is 6.65. The number of hydrogen-bond acceptors (Lipinski definition) is 5. The van der Waals surface area contributed by atoms with Crippen LogP contribution in [0.4, 0.5) is 11.4 Å². The van der Waals surface area contributed by atoms with Gasteiger partial charge in [-0.15, -0.1) is 0 Å². The number of rotatable bonds is 8. The molecule has 0 aromatic heterocycles. The predicted molar refractivity (Wildman–Crippen MR) is 149 cm³/mol. The zero-order valence-electron chi connectivity index (χ0n) is 19.0. The summed E-state index contributed by atoms with van der Waals surface area (Å²) in [6.07, 6.45) is 2.81. The normalized spacial score (nSPS) is 15.9. The molecule has 0 N–H and O–H groups in total. The van der Waals surface area contributed by atoms with Crippen LogP contribution in [0.2, 0.25) is 0 Å². The Morgan fingerprint density at radius 2 is 1.71 bits per heavy atom. The van der Waals surface area contributed by atoms with E-state index in [4.69, 9.17) is 14.5 Å². The van der Waals surface area contributed by atoms with Crippen molar-refractivity contribution < 1.29 is 14.3 Å². The van der Waals surface area contributed by atoms with Gasteiger partial charge in [0.2, 0.25) is 0 Å². The zero-order valence-corrected chi connectivity index (χ0v) is 22.0. The maximum absolute atomic E-state index is 13.5. The van der Waals surface area contributed by atoms with Gasteiger partial charge in [-0.3, -0.25) is 9.69 Å². The molecule has 174 valence electrons. The van der Waals surface area contributed by atoms with E-state index in [0.717, 1.165) is 32.7 Å². The van der Waals surface area contributed by atoms with Gasteiger partial charge in [-0.05, 0) is 95.7 Å². The Morgan fingerprint density at radius 3 is 2.38 bits per heavy atom. The Kier molecular flexibility index (Phi) is 8.29. The molecular weight excluding hydrogens is 559 g/mol. The van der Waals surface area contributed by atoms with Crippen LogP contribution in [0.15, 0.2) is 82.7 Å². The molecule has 1 aliphatic rings. The van der Waals surface area contributed by atoms with Crippen molar-refractivity contribution in [2.24, 2.45) is 4.99 Å². The molecule has 1 heterocycles. The fourth-order valence-corrected chi connectivity index (χ4v) is 5.18. The standard InChI is InChI=1S/C27H25IN2O3S/c1-3-15-33-25-22(28)16-19(17-23(25)32-4-2)18-24-26(31)30(21-13-9-6-10-14-21)27(34-24)29-20-11-7-5-8-12-20/h5-14,16-18H,3-4,15H2,1-2H3/b24-18-,29-27?. The van der Waals surface area contributed by atoms with Crippen LogP contribution in [0.5, 0.6) is 11.5 Å². The molecule has 7 heteroatoms. The second-order valence-corrected chi connectivity index (χ2v) is 9.60. The molecule has 0 atom stereocenters. The molecule has 1 fully saturated rings. The second kappa shape index (κ2) is 11.6. The molecular formula is C27H25IN2O3S. The van der Waals surface area contributed by atoms with E-state index in [1.807, 2.05) is 85.8 Å². The van der Waals surface area contributed by atoms with Crippen LogP contribution in [0.3, 0.4) is 0 Å². The van der Waals surface area contributed by atoms with Crippen LogP contribution in [0.1, 0.15) is 25.8 Å². The Hall–Kier alpha value is -2.78. The van der Waals surface area contributed by atoms with E-state index in [9.17, 15) is 4.79 Å². The summed E-state index contributed by atoms with van der Waals surface area (Å²) in [7, 11) is 0. The minimum atomic E-state index is -0.106. The highest BCUT2D eigenvalue weighted by atomic mass is 127. The van der Waals surface area contributed by atoms with E-state index < -0.39 is 0 Å². The molecule has 1 saturated heterocycles. The summed E-state index contributed by atoms with van der Waals surface area (Å²) in [5, 5.41) is 0.622. The first-order valence-corrected chi connectivity index (χ1v) is 13.0. The second-order valence-electron chi connectivity index (χ2n) is 7.43. The van der Waals surface area contributed by atoms with Gasteiger partial charge in [-0.2, -0.15) is 0 Å². The number of benzene rings is 3. The summed E-state index contributed by atoms with van der Waals surface area (Å²) in [4.78, 5) is 20.5. The Bertz CT molecular complexity index is 1210. The first-order valence-electron chi connectivity index (χ1n) is 11.1. The van der Waals surface area contributed by atoms with Crippen molar-refractivity contribution in [3.05, 3.63) is 86.8 Å². The molecule has 1 amide bonds. The average molecular weight is 584 g/mol. The molecule has 0 aliphatic carbocycles. The van der Waals surface area contributed by atoms with E-state index in [0.29, 0.717) is 29.0 Å². The van der Waals surface area contributed by atoms with Crippen LogP contribution >= 0.6 is 34.4 Å². The lowest BCUT2D eigenvalue weighted by atomic mass is 10.1. The van der Waals surface area contributed by atoms with Crippen LogP contribution < -0.4 is 14.4 Å². The lowest BCUT2D eigenvalue weighted by molar-refractivity contribution is -0.113. The van der Waals surface area contributed by atoms with Gasteiger partial charge >= 0.3 is 0 Å². The fraction of sp³-hybridized carbons (Fsp3) is 0.185. The first kappa shape index (κ1) is 24.3. The number of amidine groups is 1. The molecule has 5 nitrogen and oxygen atoms in total. The van der Waals surface area contributed by atoms with E-state index in [2.05, 4.69) is 29.5 Å². The van der Waals surface area contributed by atoms with Crippen molar-refractivity contribution in [2.75, 3.05) is 18.1 Å². The number of carbonyl (C=O) groups is 1. The average Bonchev–Trinajstić information content (AvgIpc) is 3.14. The molecule has 3 aromatic carbocycles. The highest BCUT2D eigenvalue weighted by Crippen LogP contribution is 2.39. The van der Waals surface area contributed by atoms with Crippen LogP contribution in [0.25, 0.3) is 6.08 Å². The predicted octanol–water partition coefficient (Wildman–Crippen LogP) is 7.29. The van der Waals surface area contributed by atoms with Gasteiger partial charge in [0.1, 0.15) is 0 Å². The van der Waals surface area contributed by atoms with Crippen molar-refractivity contribution in [3.63, 3.8) is 0 Å². The highest BCUT2D eigenvalue weighted by Gasteiger charge is 2.34. The minimum Gasteiger partial charge on any atom is -0.490 e. The molecule has 0 spiro atoms. The number of ether oxygens (including phenoxy) is 2. The van der Waals surface area contributed by atoms with Crippen molar-refractivity contribution in [1.82, 2.24) is 0 Å².